The number of carbonyl (C=O) groups excluding carboxylic acids is 3. The van der Waals surface area contributed by atoms with Gasteiger partial charge in [0, 0.05) is 5.69 Å². The highest BCUT2D eigenvalue weighted by Crippen LogP contribution is 2.45. The van der Waals surface area contributed by atoms with Gasteiger partial charge in [0.15, 0.2) is 12.3 Å². The SMILES string of the molecule is CCCc1cc(C(=O)OCC(=O)N2c3ccccc3NC(=O)C23CCCC3)n[nH]1. The molecule has 1 aromatic heterocycles. The molecule has 8 heteroatoms. The Bertz CT molecular complexity index is 946. The molecule has 4 rings (SSSR count). The van der Waals surface area contributed by atoms with Gasteiger partial charge in [-0.2, -0.15) is 5.10 Å². The highest BCUT2D eigenvalue weighted by atomic mass is 16.5. The number of aromatic amines is 1. The fourth-order valence-electron chi connectivity index (χ4n) is 4.26. The second-order valence-electron chi connectivity index (χ2n) is 7.54. The van der Waals surface area contributed by atoms with Crippen LogP contribution in [0, 0.1) is 0 Å². The van der Waals surface area contributed by atoms with E-state index in [4.69, 9.17) is 4.74 Å². The second kappa shape index (κ2) is 7.69. The quantitative estimate of drug-likeness (QED) is 0.756. The van der Waals surface area contributed by atoms with Gasteiger partial charge in [-0.1, -0.05) is 38.3 Å². The number of ether oxygens (including phenoxy) is 1. The van der Waals surface area contributed by atoms with Crippen LogP contribution in [0.5, 0.6) is 0 Å². The predicted molar refractivity (Wildman–Crippen MR) is 107 cm³/mol. The summed E-state index contributed by atoms with van der Waals surface area (Å²) in [6, 6.07) is 8.84. The number of aryl methyl sites for hydroxylation is 1. The molecule has 2 aliphatic rings. The summed E-state index contributed by atoms with van der Waals surface area (Å²) in [5, 5.41) is 9.68. The molecule has 1 aromatic carbocycles. The van der Waals surface area contributed by atoms with Crippen molar-refractivity contribution < 1.29 is 19.1 Å². The van der Waals surface area contributed by atoms with Gasteiger partial charge >= 0.3 is 5.97 Å². The van der Waals surface area contributed by atoms with Crippen LogP contribution >= 0.6 is 0 Å². The van der Waals surface area contributed by atoms with Crippen molar-refractivity contribution in [2.75, 3.05) is 16.8 Å². The van der Waals surface area contributed by atoms with Gasteiger partial charge in [-0.25, -0.2) is 4.79 Å². The van der Waals surface area contributed by atoms with E-state index in [9.17, 15) is 14.4 Å². The Hall–Kier alpha value is -3.16. The van der Waals surface area contributed by atoms with Crippen LogP contribution in [0.25, 0.3) is 0 Å². The summed E-state index contributed by atoms with van der Waals surface area (Å²) in [6.45, 7) is 1.58. The molecule has 0 bridgehead atoms. The van der Waals surface area contributed by atoms with Crippen molar-refractivity contribution in [3.63, 3.8) is 0 Å². The highest BCUT2D eigenvalue weighted by Gasteiger charge is 2.52. The molecule has 2 heterocycles. The molecule has 8 nitrogen and oxygen atoms in total. The monoisotopic (exact) mass is 396 g/mol. The molecule has 29 heavy (non-hydrogen) atoms. The number of benzene rings is 1. The molecule has 1 saturated carbocycles. The average Bonchev–Trinajstić information content (AvgIpc) is 3.38. The fraction of sp³-hybridized carbons (Fsp3) is 0.429. The Balaban J connectivity index is 1.54. The van der Waals surface area contributed by atoms with Crippen LogP contribution in [0.15, 0.2) is 30.3 Å². The number of esters is 1. The minimum absolute atomic E-state index is 0.147. The van der Waals surface area contributed by atoms with Crippen LogP contribution in [0.3, 0.4) is 0 Å². The largest absolute Gasteiger partial charge is 0.451 e. The second-order valence-corrected chi connectivity index (χ2v) is 7.54. The number of para-hydroxylation sites is 2. The van der Waals surface area contributed by atoms with Crippen molar-refractivity contribution in [2.24, 2.45) is 0 Å². The van der Waals surface area contributed by atoms with Gasteiger partial charge in [-0.15, -0.1) is 0 Å². The molecule has 1 aliphatic heterocycles. The van der Waals surface area contributed by atoms with Gasteiger partial charge in [-0.3, -0.25) is 19.6 Å². The van der Waals surface area contributed by atoms with E-state index in [-0.39, 0.29) is 11.6 Å². The van der Waals surface area contributed by atoms with E-state index >= 15 is 0 Å². The van der Waals surface area contributed by atoms with Gasteiger partial charge in [0.2, 0.25) is 0 Å². The summed E-state index contributed by atoms with van der Waals surface area (Å²) in [6.07, 6.45) is 4.62. The van der Waals surface area contributed by atoms with Crippen molar-refractivity contribution in [1.82, 2.24) is 10.2 Å². The topological polar surface area (TPSA) is 104 Å². The van der Waals surface area contributed by atoms with E-state index in [2.05, 4.69) is 15.5 Å². The molecular formula is C21H24N4O4. The third-order valence-corrected chi connectivity index (χ3v) is 5.61. The van der Waals surface area contributed by atoms with E-state index in [0.29, 0.717) is 24.2 Å². The van der Waals surface area contributed by atoms with Crippen molar-refractivity contribution >= 4 is 29.2 Å². The van der Waals surface area contributed by atoms with Gasteiger partial charge in [0.1, 0.15) is 5.54 Å². The molecule has 2 amide bonds. The molecule has 1 spiro atoms. The lowest BCUT2D eigenvalue weighted by Gasteiger charge is -2.44. The van der Waals surface area contributed by atoms with Gasteiger partial charge in [-0.05, 0) is 37.5 Å². The first-order valence-corrected chi connectivity index (χ1v) is 10.00. The molecule has 1 aliphatic carbocycles. The maximum Gasteiger partial charge on any atom is 0.359 e. The normalized spacial score (nSPS) is 17.1. The number of hydrogen-bond donors (Lipinski definition) is 2. The smallest absolute Gasteiger partial charge is 0.359 e. The Kier molecular flexibility index (Phi) is 5.08. The van der Waals surface area contributed by atoms with E-state index in [1.165, 1.54) is 4.90 Å². The number of hydrogen-bond acceptors (Lipinski definition) is 5. The van der Waals surface area contributed by atoms with E-state index in [1.807, 2.05) is 13.0 Å². The minimum Gasteiger partial charge on any atom is -0.451 e. The zero-order chi connectivity index (χ0) is 20.4. The Morgan fingerprint density at radius 1 is 1.24 bits per heavy atom. The number of anilines is 2. The van der Waals surface area contributed by atoms with Gasteiger partial charge in [0.25, 0.3) is 11.8 Å². The van der Waals surface area contributed by atoms with Crippen molar-refractivity contribution in [2.45, 2.75) is 51.0 Å². The van der Waals surface area contributed by atoms with Crippen LogP contribution in [-0.4, -0.2) is 40.1 Å². The summed E-state index contributed by atoms with van der Waals surface area (Å²) in [7, 11) is 0. The Morgan fingerprint density at radius 2 is 2.00 bits per heavy atom. The predicted octanol–water partition coefficient (Wildman–Crippen LogP) is 2.82. The first-order valence-electron chi connectivity index (χ1n) is 10.00. The molecule has 2 aromatic rings. The zero-order valence-electron chi connectivity index (χ0n) is 16.4. The van der Waals surface area contributed by atoms with E-state index < -0.39 is 24.0 Å². The first kappa shape index (κ1) is 19.2. The number of aromatic nitrogens is 2. The maximum absolute atomic E-state index is 13.2. The Labute approximate surface area is 168 Å². The third kappa shape index (κ3) is 3.39. The van der Waals surface area contributed by atoms with Crippen LogP contribution in [-0.2, 0) is 20.7 Å². The van der Waals surface area contributed by atoms with Gasteiger partial charge < -0.3 is 10.1 Å². The summed E-state index contributed by atoms with van der Waals surface area (Å²) in [5.74, 6) is -1.25. The minimum atomic E-state index is -0.918. The Morgan fingerprint density at radius 3 is 2.76 bits per heavy atom. The molecule has 2 N–H and O–H groups in total. The molecular weight excluding hydrogens is 372 g/mol. The van der Waals surface area contributed by atoms with Crippen LogP contribution in [0.2, 0.25) is 0 Å². The average molecular weight is 396 g/mol. The maximum atomic E-state index is 13.2. The summed E-state index contributed by atoms with van der Waals surface area (Å²) in [5.41, 5.74) is 1.30. The lowest BCUT2D eigenvalue weighted by Crippen LogP contribution is -2.61. The van der Waals surface area contributed by atoms with Crippen molar-refractivity contribution in [3.05, 3.63) is 41.7 Å². The molecule has 0 saturated heterocycles. The molecule has 0 atom stereocenters. The summed E-state index contributed by atoms with van der Waals surface area (Å²) < 4.78 is 5.24. The fourth-order valence-corrected chi connectivity index (χ4v) is 4.26. The van der Waals surface area contributed by atoms with Crippen molar-refractivity contribution in [1.29, 1.82) is 0 Å². The standard InChI is InChI=1S/C21H24N4O4/c1-2-7-14-12-16(24-23-14)19(27)29-13-18(26)25-17-9-4-3-8-15(17)22-20(28)21(25)10-5-6-11-21/h3-4,8-9,12H,2,5-7,10-11,13H2,1H3,(H,22,28)(H,23,24). The number of nitrogens with zero attached hydrogens (tertiary/aromatic N) is 2. The highest BCUT2D eigenvalue weighted by molar-refractivity contribution is 6.15. The number of H-pyrrole nitrogens is 1. The van der Waals surface area contributed by atoms with Crippen LogP contribution in [0.1, 0.15) is 55.2 Å². The van der Waals surface area contributed by atoms with E-state index in [0.717, 1.165) is 31.4 Å². The number of rotatable bonds is 5. The molecule has 0 unspecified atom stereocenters. The van der Waals surface area contributed by atoms with Crippen molar-refractivity contribution in [3.8, 4) is 0 Å². The summed E-state index contributed by atoms with van der Waals surface area (Å²) >= 11 is 0. The lowest BCUT2D eigenvalue weighted by atomic mass is 9.90. The number of amides is 2. The number of carbonyl (C=O) groups is 3. The molecule has 0 radical (unpaired) electrons. The van der Waals surface area contributed by atoms with E-state index in [1.54, 1.807) is 24.3 Å². The molecule has 1 fully saturated rings. The third-order valence-electron chi connectivity index (χ3n) is 5.61. The lowest BCUT2D eigenvalue weighted by molar-refractivity contribution is -0.129. The zero-order valence-corrected chi connectivity index (χ0v) is 16.4. The first-order chi connectivity index (χ1) is 14.0. The molecule has 152 valence electrons. The van der Waals surface area contributed by atoms with Gasteiger partial charge in [0.05, 0.1) is 11.4 Å². The number of fused-ring (bicyclic) bond motifs is 1. The number of nitrogens with one attached hydrogen (secondary N) is 2. The van der Waals surface area contributed by atoms with Crippen LogP contribution < -0.4 is 10.2 Å². The van der Waals surface area contributed by atoms with Crippen LogP contribution in [0.4, 0.5) is 11.4 Å². The summed E-state index contributed by atoms with van der Waals surface area (Å²) in [4.78, 5) is 39.9.